The Labute approximate surface area is 40.5 Å². The summed E-state index contributed by atoms with van der Waals surface area (Å²) in [6, 6.07) is -0.516. The molecule has 7 heavy (non-hydrogen) atoms. The van der Waals surface area contributed by atoms with Crippen molar-refractivity contribution in [2.45, 2.75) is 6.04 Å². The van der Waals surface area contributed by atoms with Crippen LogP contribution in [0.4, 0.5) is 0 Å². The molecule has 0 saturated carbocycles. The lowest BCUT2D eigenvalue weighted by atomic mass is 10.2. The van der Waals surface area contributed by atoms with Gasteiger partial charge in [0.2, 0.25) is 5.91 Å². The van der Waals surface area contributed by atoms with Gasteiger partial charge in [-0.1, -0.05) is 0 Å². The Morgan fingerprint density at radius 3 is 2.57 bits per heavy atom. The minimum atomic E-state index is -0.516. The van der Waals surface area contributed by atoms with Gasteiger partial charge in [-0.3, -0.25) is 4.79 Å². The highest BCUT2D eigenvalue weighted by atomic mass is 16.5. The molecule has 4 heteroatoms. The molecule has 1 rings (SSSR count). The molecule has 1 aliphatic rings. The molecule has 40 valence electrons. The highest BCUT2D eigenvalue weighted by Crippen LogP contribution is 2.02. The van der Waals surface area contributed by atoms with Crippen molar-refractivity contribution in [1.82, 2.24) is 5.06 Å². The third kappa shape index (κ3) is 0.477. The molecule has 0 aliphatic carbocycles. The summed E-state index contributed by atoms with van der Waals surface area (Å²) in [6.07, 6.45) is 0. The highest BCUT2D eigenvalue weighted by molar-refractivity contribution is 5.87. The zero-order chi connectivity index (χ0) is 5.44. The van der Waals surface area contributed by atoms with Gasteiger partial charge in [0.05, 0.1) is 0 Å². The minimum Gasteiger partial charge on any atom is -0.756 e. The lowest BCUT2D eigenvalue weighted by Gasteiger charge is -2.41. The average Bonchev–Trinajstić information content (AvgIpc) is 1.68. The molecule has 1 heterocycles. The fraction of sp³-hybridized carbons (Fsp3) is 0.667. The fourth-order valence-electron chi connectivity index (χ4n) is 0.419. The number of amides is 1. The Morgan fingerprint density at radius 2 is 2.57 bits per heavy atom. The van der Waals surface area contributed by atoms with E-state index in [4.69, 9.17) is 5.73 Å². The average molecular weight is 101 g/mol. The van der Waals surface area contributed by atoms with Crippen LogP contribution >= 0.6 is 0 Å². The number of rotatable bonds is 0. The van der Waals surface area contributed by atoms with E-state index in [1.807, 2.05) is 0 Å². The molecule has 1 atom stereocenters. The lowest BCUT2D eigenvalue weighted by Crippen LogP contribution is -2.58. The molecule has 1 fully saturated rings. The maximum atomic E-state index is 10.0. The molecular formula is C3H5N2O2-. The van der Waals surface area contributed by atoms with Gasteiger partial charge in [-0.05, 0) is 0 Å². The summed E-state index contributed by atoms with van der Waals surface area (Å²) in [5.41, 5.74) is 5.02. The molecule has 4 nitrogen and oxygen atoms in total. The smallest absolute Gasteiger partial charge is 0.230 e. The van der Waals surface area contributed by atoms with Crippen molar-refractivity contribution in [2.24, 2.45) is 5.73 Å². The molecule has 0 bridgehead atoms. The summed E-state index contributed by atoms with van der Waals surface area (Å²) >= 11 is 0. The molecule has 0 aromatic rings. The Kier molecular flexibility index (Phi) is 0.765. The second kappa shape index (κ2) is 1.18. The number of carbonyl (C=O) groups excluding carboxylic acids is 1. The molecule has 2 N–H and O–H groups in total. The molecule has 0 spiro atoms. The number of hydroxylamine groups is 2. The maximum Gasteiger partial charge on any atom is 0.230 e. The van der Waals surface area contributed by atoms with E-state index >= 15 is 0 Å². The number of carbonyl (C=O) groups is 1. The number of nitrogens with zero attached hydrogens (tertiary/aromatic N) is 1. The number of hydrogen-bond acceptors (Lipinski definition) is 3. The second-order valence-electron chi connectivity index (χ2n) is 1.51. The van der Waals surface area contributed by atoms with Crippen LogP contribution in [-0.2, 0) is 4.79 Å². The van der Waals surface area contributed by atoms with Crippen LogP contribution in [0.25, 0.3) is 0 Å². The van der Waals surface area contributed by atoms with Crippen molar-refractivity contribution in [2.75, 3.05) is 6.54 Å². The number of hydrogen-bond donors (Lipinski definition) is 1. The normalized spacial score (nSPS) is 30.3. The summed E-state index contributed by atoms with van der Waals surface area (Å²) in [4.78, 5) is 10.0. The largest absolute Gasteiger partial charge is 0.756 e. The van der Waals surface area contributed by atoms with Crippen LogP contribution < -0.4 is 5.73 Å². The van der Waals surface area contributed by atoms with Gasteiger partial charge < -0.3 is 16.0 Å². The maximum absolute atomic E-state index is 10.0. The Bertz CT molecular complexity index is 93.1. The van der Waals surface area contributed by atoms with E-state index in [0.717, 1.165) is 0 Å². The van der Waals surface area contributed by atoms with E-state index in [1.54, 1.807) is 0 Å². The molecule has 0 radical (unpaired) electrons. The fourth-order valence-corrected chi connectivity index (χ4v) is 0.419. The van der Waals surface area contributed by atoms with Crippen LogP contribution in [0, 0.1) is 5.21 Å². The van der Waals surface area contributed by atoms with Gasteiger partial charge in [0.25, 0.3) is 0 Å². The van der Waals surface area contributed by atoms with Gasteiger partial charge in [-0.15, -0.1) is 0 Å². The minimum absolute atomic E-state index is 0.166. The van der Waals surface area contributed by atoms with Crippen molar-refractivity contribution in [1.29, 1.82) is 0 Å². The van der Waals surface area contributed by atoms with Crippen LogP contribution in [0.5, 0.6) is 0 Å². The molecule has 1 unspecified atom stereocenters. The molecule has 1 saturated heterocycles. The lowest BCUT2D eigenvalue weighted by molar-refractivity contribution is -0.138. The standard InChI is InChI=1S/C3H5N2O2/c4-2-1-5(7)3(2)6/h2H,1,4H2/q-1. The first kappa shape index (κ1) is 4.55. The molecule has 0 aromatic heterocycles. The van der Waals surface area contributed by atoms with Gasteiger partial charge in [0.15, 0.2) is 0 Å². The predicted molar refractivity (Wildman–Crippen MR) is 23.1 cm³/mol. The Morgan fingerprint density at radius 1 is 2.00 bits per heavy atom. The predicted octanol–water partition coefficient (Wildman–Crippen LogP) is -1.35. The summed E-state index contributed by atoms with van der Waals surface area (Å²) in [5.74, 6) is -0.500. The zero-order valence-electron chi connectivity index (χ0n) is 3.63. The molecule has 1 aliphatic heterocycles. The first-order valence-electron chi connectivity index (χ1n) is 1.96. The van der Waals surface area contributed by atoms with E-state index in [-0.39, 0.29) is 6.54 Å². The summed E-state index contributed by atoms with van der Waals surface area (Å²) in [5, 5.41) is 10.3. The van der Waals surface area contributed by atoms with Crippen LogP contribution in [0.1, 0.15) is 0 Å². The van der Waals surface area contributed by atoms with Crippen LogP contribution in [0.15, 0.2) is 0 Å². The van der Waals surface area contributed by atoms with Crippen molar-refractivity contribution in [3.05, 3.63) is 5.21 Å². The zero-order valence-corrected chi connectivity index (χ0v) is 3.63. The van der Waals surface area contributed by atoms with Gasteiger partial charge in [0, 0.05) is 6.54 Å². The van der Waals surface area contributed by atoms with E-state index in [2.05, 4.69) is 0 Å². The van der Waals surface area contributed by atoms with Gasteiger partial charge >= 0.3 is 0 Å². The summed E-state index contributed by atoms with van der Waals surface area (Å²) in [6.45, 7) is 0.166. The van der Waals surface area contributed by atoms with Crippen LogP contribution in [0.3, 0.4) is 0 Å². The Hall–Kier alpha value is -0.610. The SMILES string of the molecule is NC1CN([O-])C1=O. The molecular weight excluding hydrogens is 96.0 g/mol. The number of β-lactam (4-membered cyclic amide) rings is 1. The van der Waals surface area contributed by atoms with Crippen molar-refractivity contribution in [3.8, 4) is 0 Å². The van der Waals surface area contributed by atoms with E-state index in [1.165, 1.54) is 0 Å². The van der Waals surface area contributed by atoms with Crippen molar-refractivity contribution >= 4 is 5.91 Å². The van der Waals surface area contributed by atoms with E-state index < -0.39 is 11.9 Å². The van der Waals surface area contributed by atoms with E-state index in [9.17, 15) is 10.0 Å². The Balaban J connectivity index is 2.44. The first-order chi connectivity index (χ1) is 3.22. The second-order valence-corrected chi connectivity index (χ2v) is 1.51. The monoisotopic (exact) mass is 101 g/mol. The van der Waals surface area contributed by atoms with Crippen LogP contribution in [0.2, 0.25) is 0 Å². The molecule has 0 aromatic carbocycles. The molecule has 1 amide bonds. The first-order valence-corrected chi connectivity index (χ1v) is 1.96. The van der Waals surface area contributed by atoms with Gasteiger partial charge in [-0.25, -0.2) is 0 Å². The topological polar surface area (TPSA) is 69.4 Å². The summed E-state index contributed by atoms with van der Waals surface area (Å²) < 4.78 is 0. The van der Waals surface area contributed by atoms with E-state index in [0.29, 0.717) is 5.06 Å². The third-order valence-corrected chi connectivity index (χ3v) is 0.926. The van der Waals surface area contributed by atoms with Crippen molar-refractivity contribution in [3.63, 3.8) is 0 Å². The van der Waals surface area contributed by atoms with Crippen LogP contribution in [-0.4, -0.2) is 23.6 Å². The summed E-state index contributed by atoms with van der Waals surface area (Å²) in [7, 11) is 0. The van der Waals surface area contributed by atoms with Crippen molar-refractivity contribution < 1.29 is 4.79 Å². The quantitative estimate of drug-likeness (QED) is 0.384. The van der Waals surface area contributed by atoms with Gasteiger partial charge in [-0.2, -0.15) is 0 Å². The highest BCUT2D eigenvalue weighted by Gasteiger charge is 2.25. The van der Waals surface area contributed by atoms with Gasteiger partial charge in [0.1, 0.15) is 6.04 Å². The third-order valence-electron chi connectivity index (χ3n) is 0.926. The number of nitrogens with two attached hydrogens (primary N) is 1.